The van der Waals surface area contributed by atoms with Crippen LogP contribution in [0.15, 0.2) is 24.3 Å². The van der Waals surface area contributed by atoms with Gasteiger partial charge in [0.05, 0.1) is 0 Å². The molecule has 0 amide bonds. The summed E-state index contributed by atoms with van der Waals surface area (Å²) < 4.78 is 0.799. The van der Waals surface area contributed by atoms with E-state index in [0.29, 0.717) is 0 Å². The Balaban J connectivity index is 3.10. The van der Waals surface area contributed by atoms with Crippen LogP contribution in [0.1, 0.15) is 5.56 Å². The van der Waals surface area contributed by atoms with Gasteiger partial charge in [-0.15, -0.1) is 0 Å². The minimum absolute atomic E-state index is 0.735. The number of anilines is 1. The molecule has 0 aliphatic rings. The number of nitrogen functional groups attached to an aromatic ring is 1. The van der Waals surface area contributed by atoms with Gasteiger partial charge in [0.15, 0.2) is 0 Å². The summed E-state index contributed by atoms with van der Waals surface area (Å²) in [6, 6.07) is 7.66. The fourth-order valence-electron chi connectivity index (χ4n) is 1.13. The molecular weight excluding hydrogens is 267 g/mol. The van der Waals surface area contributed by atoms with Gasteiger partial charge >= 0.3 is 83.6 Å². The zero-order valence-corrected chi connectivity index (χ0v) is 11.2. The molecule has 0 heterocycles. The number of nitrogens with two attached hydrogens (primary N) is 1. The Morgan fingerprint density at radius 2 is 1.77 bits per heavy atom. The van der Waals surface area contributed by atoms with Crippen molar-refractivity contribution in [3.8, 4) is 0 Å². The van der Waals surface area contributed by atoms with Crippen LogP contribution in [0.4, 0.5) is 5.69 Å². The van der Waals surface area contributed by atoms with E-state index in [1.54, 1.807) is 0 Å². The Hall–Kier alpha value is -0.511. The predicted molar refractivity (Wildman–Crippen MR) is 61.0 cm³/mol. The van der Waals surface area contributed by atoms with Crippen molar-refractivity contribution in [2.45, 2.75) is 14.8 Å². The Morgan fingerprint density at radius 1 is 1.23 bits per heavy atom. The van der Waals surface area contributed by atoms with Crippen molar-refractivity contribution in [2.24, 2.45) is 0 Å². The molecule has 0 fully saturated rings. The van der Waals surface area contributed by atoms with Crippen LogP contribution in [0, 0.1) is 5.41 Å². The topological polar surface area (TPSA) is 49.9 Å². The van der Waals surface area contributed by atoms with Crippen LogP contribution in [0.3, 0.4) is 0 Å². The van der Waals surface area contributed by atoms with Crippen molar-refractivity contribution in [1.82, 2.24) is 0 Å². The summed E-state index contributed by atoms with van der Waals surface area (Å²) in [5, 5.41) is 8.04. The fourth-order valence-corrected chi connectivity index (χ4v) is 4.08. The normalized spacial score (nSPS) is 11.3. The molecule has 0 spiro atoms. The predicted octanol–water partition coefficient (Wildman–Crippen LogP) is 2.51. The van der Waals surface area contributed by atoms with Gasteiger partial charge in [0.25, 0.3) is 0 Å². The summed E-state index contributed by atoms with van der Waals surface area (Å²) in [5.74, 6) is 0. The van der Waals surface area contributed by atoms with Crippen molar-refractivity contribution in [2.75, 3.05) is 5.73 Å². The Kier molecular flexibility index (Phi) is 3.01. The summed E-state index contributed by atoms with van der Waals surface area (Å²) in [7, 11) is 0. The van der Waals surface area contributed by atoms with E-state index in [1.807, 2.05) is 24.3 Å². The molecule has 0 unspecified atom stereocenters. The van der Waals surface area contributed by atoms with Crippen LogP contribution in [0.5, 0.6) is 0 Å². The molecule has 0 atom stereocenters. The van der Waals surface area contributed by atoms with E-state index in [9.17, 15) is 0 Å². The summed E-state index contributed by atoms with van der Waals surface area (Å²) in [4.78, 5) is 6.68. The molecule has 1 aromatic carbocycles. The maximum atomic E-state index is 8.04. The molecular formula is C10H16N2Sn. The van der Waals surface area contributed by atoms with Crippen LogP contribution in [0.2, 0.25) is 14.8 Å². The number of hydrogen-bond acceptors (Lipinski definition) is 2. The molecule has 0 saturated heterocycles. The number of hydrogen-bond donors (Lipinski definition) is 2. The maximum absolute atomic E-state index is 8.04. The molecule has 3 heteroatoms. The summed E-state index contributed by atoms with van der Waals surface area (Å²) >= 11 is -2.24. The second kappa shape index (κ2) is 3.70. The fraction of sp³-hybridized carbons (Fsp3) is 0.300. The van der Waals surface area contributed by atoms with Crippen LogP contribution in [0.25, 0.3) is 0 Å². The standard InChI is InChI=1S/C7H7N2.3CH3.Sn/c8-5-6-3-1-2-4-7(6)9;;;;/h1-4,8H,9H2;3*1H3;. The minimum atomic E-state index is -2.24. The third-order valence-electron chi connectivity index (χ3n) is 1.98. The molecule has 70 valence electrons. The van der Waals surface area contributed by atoms with Gasteiger partial charge in [-0.05, 0) is 0 Å². The summed E-state index contributed by atoms with van der Waals surface area (Å²) in [6.07, 6.45) is 0. The quantitative estimate of drug-likeness (QED) is 0.489. The van der Waals surface area contributed by atoms with Gasteiger partial charge in [-0.25, -0.2) is 0 Å². The molecule has 0 aliphatic carbocycles. The molecule has 0 aromatic heterocycles. The molecule has 0 bridgehead atoms. The molecule has 0 saturated carbocycles. The summed E-state index contributed by atoms with van der Waals surface area (Å²) in [6.45, 7) is 0. The van der Waals surface area contributed by atoms with Gasteiger partial charge in [0.1, 0.15) is 0 Å². The first-order chi connectivity index (χ1) is 5.93. The second-order valence-electron chi connectivity index (χ2n) is 4.21. The van der Waals surface area contributed by atoms with Crippen LogP contribution in [-0.4, -0.2) is 22.1 Å². The molecule has 13 heavy (non-hydrogen) atoms. The van der Waals surface area contributed by atoms with E-state index in [4.69, 9.17) is 11.1 Å². The molecule has 3 N–H and O–H groups in total. The third-order valence-corrected chi connectivity index (χ3v) is 7.03. The number of para-hydroxylation sites is 1. The zero-order chi connectivity index (χ0) is 10.1. The van der Waals surface area contributed by atoms with Gasteiger partial charge in [0, 0.05) is 0 Å². The van der Waals surface area contributed by atoms with Gasteiger partial charge in [-0.1, -0.05) is 0 Å². The SMILES string of the molecule is [CH3][Sn]([CH3])([CH3])[C](=N)c1ccccc1N. The number of nitrogens with one attached hydrogen (secondary N) is 1. The van der Waals surface area contributed by atoms with Gasteiger partial charge < -0.3 is 0 Å². The van der Waals surface area contributed by atoms with Crippen molar-refractivity contribution < 1.29 is 0 Å². The van der Waals surface area contributed by atoms with E-state index in [2.05, 4.69) is 14.8 Å². The van der Waals surface area contributed by atoms with Crippen molar-refractivity contribution in [3.63, 3.8) is 0 Å². The van der Waals surface area contributed by atoms with Gasteiger partial charge in [-0.3, -0.25) is 0 Å². The monoisotopic (exact) mass is 284 g/mol. The van der Waals surface area contributed by atoms with E-state index in [0.717, 1.165) is 15.0 Å². The summed E-state index contributed by atoms with van der Waals surface area (Å²) in [5.41, 5.74) is 7.48. The Bertz CT molecular complexity index is 326. The van der Waals surface area contributed by atoms with Crippen LogP contribution >= 0.6 is 0 Å². The first-order valence-electron chi connectivity index (χ1n) is 4.37. The number of benzene rings is 1. The van der Waals surface area contributed by atoms with Gasteiger partial charge in [-0.2, -0.15) is 0 Å². The van der Waals surface area contributed by atoms with E-state index in [-0.39, 0.29) is 0 Å². The third kappa shape index (κ3) is 2.46. The Labute approximate surface area is 83.5 Å². The van der Waals surface area contributed by atoms with Crippen LogP contribution < -0.4 is 5.73 Å². The molecule has 2 nitrogen and oxygen atoms in total. The Morgan fingerprint density at radius 3 is 2.23 bits per heavy atom. The van der Waals surface area contributed by atoms with Crippen molar-refractivity contribution in [3.05, 3.63) is 29.8 Å². The van der Waals surface area contributed by atoms with Crippen molar-refractivity contribution >= 4 is 27.8 Å². The molecule has 0 radical (unpaired) electrons. The first-order valence-corrected chi connectivity index (χ1v) is 14.4. The average Bonchev–Trinajstić information content (AvgIpc) is 2.02. The molecule has 1 aromatic rings. The number of rotatable bonds is 2. The van der Waals surface area contributed by atoms with Crippen LogP contribution in [-0.2, 0) is 0 Å². The molecule has 0 aliphatic heterocycles. The first kappa shape index (κ1) is 10.6. The van der Waals surface area contributed by atoms with E-state index >= 15 is 0 Å². The van der Waals surface area contributed by atoms with E-state index < -0.39 is 18.4 Å². The van der Waals surface area contributed by atoms with E-state index in [1.165, 1.54) is 0 Å². The molecule has 1 rings (SSSR count). The average molecular weight is 283 g/mol. The zero-order valence-electron chi connectivity index (χ0n) is 8.39. The van der Waals surface area contributed by atoms with Gasteiger partial charge in [0.2, 0.25) is 0 Å². The van der Waals surface area contributed by atoms with Crippen molar-refractivity contribution in [1.29, 1.82) is 5.41 Å². The second-order valence-corrected chi connectivity index (χ2v) is 18.5.